The number of amides is 2. The number of H-pyrrole nitrogens is 1. The van der Waals surface area contributed by atoms with Crippen molar-refractivity contribution >= 4 is 45.9 Å². The number of nitrogens with one attached hydrogen (secondary N) is 3. The number of benzene rings is 2. The van der Waals surface area contributed by atoms with Gasteiger partial charge in [0, 0.05) is 17.6 Å². The molecule has 29 heavy (non-hydrogen) atoms. The van der Waals surface area contributed by atoms with E-state index < -0.39 is 0 Å². The maximum Gasteiger partial charge on any atom is 0.323 e. The van der Waals surface area contributed by atoms with Gasteiger partial charge in [-0.25, -0.2) is 9.78 Å². The quantitative estimate of drug-likeness (QED) is 0.396. The van der Waals surface area contributed by atoms with Crippen LogP contribution >= 0.6 is 11.6 Å². The van der Waals surface area contributed by atoms with Gasteiger partial charge in [0.25, 0.3) is 0 Å². The lowest BCUT2D eigenvalue weighted by Crippen LogP contribution is -2.19. The number of carbonyl (C=O) groups excluding carboxylic acids is 1. The molecule has 4 aromatic rings. The molecule has 5 N–H and O–H groups in total. The molecule has 2 heterocycles. The lowest BCUT2D eigenvalue weighted by molar-refractivity contribution is 0.262. The molecular weight excluding hydrogens is 392 g/mol. The number of halogens is 1. The van der Waals surface area contributed by atoms with Crippen LogP contribution in [0.15, 0.2) is 54.7 Å². The van der Waals surface area contributed by atoms with E-state index in [1.807, 2.05) is 18.2 Å². The highest BCUT2D eigenvalue weighted by Crippen LogP contribution is 2.31. The summed E-state index contributed by atoms with van der Waals surface area (Å²) < 4.78 is 5.10. The van der Waals surface area contributed by atoms with Crippen molar-refractivity contribution in [1.82, 2.24) is 15.2 Å². The summed E-state index contributed by atoms with van der Waals surface area (Å²) in [4.78, 5) is 16.5. The lowest BCUT2D eigenvalue weighted by Gasteiger charge is -2.10. The van der Waals surface area contributed by atoms with Crippen LogP contribution in [0.5, 0.6) is 5.75 Å². The number of anilines is 3. The van der Waals surface area contributed by atoms with Crippen LogP contribution in [0.25, 0.3) is 22.2 Å². The van der Waals surface area contributed by atoms with E-state index in [1.165, 1.54) is 7.11 Å². The molecule has 0 aliphatic carbocycles. The average Bonchev–Trinajstić information content (AvgIpc) is 3.10. The van der Waals surface area contributed by atoms with Crippen molar-refractivity contribution in [1.29, 1.82) is 0 Å². The number of nitrogens with zero attached hydrogens (tertiary/aromatic N) is 2. The van der Waals surface area contributed by atoms with E-state index in [1.54, 1.807) is 36.5 Å². The van der Waals surface area contributed by atoms with Crippen LogP contribution in [0.3, 0.4) is 0 Å². The fourth-order valence-corrected chi connectivity index (χ4v) is 3.24. The van der Waals surface area contributed by atoms with Crippen LogP contribution in [0.2, 0.25) is 5.02 Å². The molecule has 146 valence electrons. The number of nitrogens with two attached hydrogens (primary N) is 1. The van der Waals surface area contributed by atoms with Gasteiger partial charge >= 0.3 is 6.03 Å². The number of aromatic amines is 1. The molecule has 0 saturated heterocycles. The van der Waals surface area contributed by atoms with Gasteiger partial charge in [-0.2, -0.15) is 5.10 Å². The number of urea groups is 1. The van der Waals surface area contributed by atoms with Crippen molar-refractivity contribution in [3.05, 3.63) is 59.8 Å². The van der Waals surface area contributed by atoms with Crippen molar-refractivity contribution < 1.29 is 9.53 Å². The molecule has 0 aliphatic rings. The smallest absolute Gasteiger partial charge is 0.323 e. The van der Waals surface area contributed by atoms with Gasteiger partial charge in [-0.3, -0.25) is 5.10 Å². The van der Waals surface area contributed by atoms with Gasteiger partial charge in [-0.1, -0.05) is 23.7 Å². The van der Waals surface area contributed by atoms with E-state index in [4.69, 9.17) is 22.1 Å². The number of aromatic nitrogens is 3. The zero-order valence-corrected chi connectivity index (χ0v) is 16.1. The number of hydrogen-bond acceptors (Lipinski definition) is 5. The number of hydrogen-bond donors (Lipinski definition) is 4. The molecule has 0 atom stereocenters. The largest absolute Gasteiger partial charge is 0.495 e. The summed E-state index contributed by atoms with van der Waals surface area (Å²) in [5.74, 6) is 0.930. The number of fused-ring (bicyclic) bond motifs is 1. The summed E-state index contributed by atoms with van der Waals surface area (Å²) >= 11 is 6.08. The third-order valence-electron chi connectivity index (χ3n) is 4.35. The highest BCUT2D eigenvalue weighted by Gasteiger charge is 2.11. The Morgan fingerprint density at radius 2 is 1.83 bits per heavy atom. The molecular formula is C20H17ClN6O2. The molecule has 0 aliphatic heterocycles. The summed E-state index contributed by atoms with van der Waals surface area (Å²) in [6.45, 7) is 0. The Bertz CT molecular complexity index is 1190. The van der Waals surface area contributed by atoms with Gasteiger partial charge in [0.2, 0.25) is 0 Å². The molecule has 4 rings (SSSR count). The summed E-state index contributed by atoms with van der Waals surface area (Å²) in [5, 5.41) is 13.5. The molecule has 0 saturated carbocycles. The monoisotopic (exact) mass is 408 g/mol. The van der Waals surface area contributed by atoms with E-state index in [2.05, 4.69) is 25.8 Å². The van der Waals surface area contributed by atoms with Gasteiger partial charge in [-0.15, -0.1) is 0 Å². The van der Waals surface area contributed by atoms with Crippen molar-refractivity contribution in [2.24, 2.45) is 0 Å². The molecule has 2 amide bonds. The minimum atomic E-state index is -0.385. The zero-order valence-electron chi connectivity index (χ0n) is 15.4. The van der Waals surface area contributed by atoms with E-state index in [-0.39, 0.29) is 6.03 Å². The van der Waals surface area contributed by atoms with Crippen LogP contribution in [0, 0.1) is 0 Å². The minimum Gasteiger partial charge on any atom is -0.495 e. The van der Waals surface area contributed by atoms with E-state index in [9.17, 15) is 4.79 Å². The Morgan fingerprint density at radius 1 is 1.10 bits per heavy atom. The first-order valence-electron chi connectivity index (χ1n) is 8.65. The molecule has 2 aromatic carbocycles. The van der Waals surface area contributed by atoms with Gasteiger partial charge in [-0.05, 0) is 47.5 Å². The second-order valence-electron chi connectivity index (χ2n) is 6.20. The minimum absolute atomic E-state index is 0.385. The molecule has 2 aromatic heterocycles. The van der Waals surface area contributed by atoms with Crippen molar-refractivity contribution in [2.75, 3.05) is 23.5 Å². The normalized spacial score (nSPS) is 10.7. The number of pyridine rings is 1. The number of methoxy groups -OCH3 is 1. The predicted molar refractivity (Wildman–Crippen MR) is 114 cm³/mol. The fraction of sp³-hybridized carbons (Fsp3) is 0.0500. The van der Waals surface area contributed by atoms with E-state index in [0.29, 0.717) is 33.6 Å². The second-order valence-corrected chi connectivity index (χ2v) is 6.60. The van der Waals surface area contributed by atoms with Gasteiger partial charge in [0.05, 0.1) is 17.5 Å². The van der Waals surface area contributed by atoms with Gasteiger partial charge in [0.15, 0.2) is 11.5 Å². The van der Waals surface area contributed by atoms with E-state index in [0.717, 1.165) is 16.5 Å². The SMILES string of the molecule is COc1ccc(NC(=O)Nc2ccc(-c3ccnc4[nH]nc(N)c34)cc2)cc1Cl. The molecule has 9 heteroatoms. The number of carbonyl (C=O) groups is 1. The van der Waals surface area contributed by atoms with Crippen molar-refractivity contribution in [2.45, 2.75) is 0 Å². The van der Waals surface area contributed by atoms with Crippen LogP contribution in [-0.2, 0) is 0 Å². The molecule has 0 bridgehead atoms. The van der Waals surface area contributed by atoms with Crippen LogP contribution in [0.4, 0.5) is 22.0 Å². The standard InChI is InChI=1S/C20H17ClN6O2/c1-29-16-7-6-13(10-15(16)21)25-20(28)24-12-4-2-11(3-5-12)14-8-9-23-19-17(14)18(22)26-27-19/h2-10H,1H3,(H2,24,25,28)(H3,22,23,26,27). The van der Waals surface area contributed by atoms with Gasteiger partial charge < -0.3 is 21.1 Å². The lowest BCUT2D eigenvalue weighted by atomic mass is 10.0. The first-order valence-corrected chi connectivity index (χ1v) is 9.03. The third kappa shape index (κ3) is 3.78. The molecule has 8 nitrogen and oxygen atoms in total. The average molecular weight is 409 g/mol. The Morgan fingerprint density at radius 3 is 2.55 bits per heavy atom. The molecule has 0 spiro atoms. The molecule has 0 radical (unpaired) electrons. The van der Waals surface area contributed by atoms with Crippen molar-refractivity contribution in [3.8, 4) is 16.9 Å². The second kappa shape index (κ2) is 7.69. The maximum atomic E-state index is 12.3. The highest BCUT2D eigenvalue weighted by molar-refractivity contribution is 6.32. The summed E-state index contributed by atoms with van der Waals surface area (Å²) in [6, 6.07) is 13.9. The van der Waals surface area contributed by atoms with Crippen molar-refractivity contribution in [3.63, 3.8) is 0 Å². The predicted octanol–water partition coefficient (Wildman–Crippen LogP) is 4.51. The van der Waals surface area contributed by atoms with E-state index >= 15 is 0 Å². The fourth-order valence-electron chi connectivity index (χ4n) is 2.99. The zero-order chi connectivity index (χ0) is 20.4. The summed E-state index contributed by atoms with van der Waals surface area (Å²) in [7, 11) is 1.53. The van der Waals surface area contributed by atoms with Crippen LogP contribution < -0.4 is 21.1 Å². The first-order chi connectivity index (χ1) is 14.0. The van der Waals surface area contributed by atoms with Crippen LogP contribution in [0.1, 0.15) is 0 Å². The molecule has 0 unspecified atom stereocenters. The third-order valence-corrected chi connectivity index (χ3v) is 4.65. The highest BCUT2D eigenvalue weighted by atomic mass is 35.5. The maximum absolute atomic E-state index is 12.3. The Kier molecular flexibility index (Phi) is 4.92. The summed E-state index contributed by atoms with van der Waals surface area (Å²) in [5.41, 5.74) is 9.60. The summed E-state index contributed by atoms with van der Waals surface area (Å²) in [6.07, 6.45) is 1.69. The van der Waals surface area contributed by atoms with Crippen LogP contribution in [-0.4, -0.2) is 28.3 Å². The Balaban J connectivity index is 1.49. The first kappa shape index (κ1) is 18.6. The topological polar surface area (TPSA) is 118 Å². The van der Waals surface area contributed by atoms with Gasteiger partial charge in [0.1, 0.15) is 5.75 Å². The Hall–Kier alpha value is -3.78. The number of rotatable bonds is 4. The molecule has 0 fully saturated rings. The number of ether oxygens (including phenoxy) is 1. The number of nitrogen functional groups attached to an aromatic ring is 1. The Labute approximate surface area is 171 Å².